The van der Waals surface area contributed by atoms with Crippen molar-refractivity contribution in [1.82, 2.24) is 0 Å². The van der Waals surface area contributed by atoms with Crippen molar-refractivity contribution >= 4 is 5.78 Å². The van der Waals surface area contributed by atoms with Crippen molar-refractivity contribution < 1.29 is 9.18 Å². The normalized spacial score (nSPS) is 10.5. The van der Waals surface area contributed by atoms with Crippen LogP contribution in [-0.2, 0) is 6.42 Å². The van der Waals surface area contributed by atoms with Crippen molar-refractivity contribution in [2.45, 2.75) is 26.7 Å². The molecule has 0 aliphatic heterocycles. The molecule has 0 bridgehead atoms. The van der Waals surface area contributed by atoms with Crippen molar-refractivity contribution in [3.63, 3.8) is 0 Å². The van der Waals surface area contributed by atoms with Gasteiger partial charge < -0.3 is 0 Å². The molecule has 19 heavy (non-hydrogen) atoms. The average Bonchev–Trinajstić information content (AvgIpc) is 2.36. The molecule has 0 aliphatic carbocycles. The maximum atomic E-state index is 13.0. The molecule has 0 amide bonds. The van der Waals surface area contributed by atoms with E-state index in [2.05, 4.69) is 0 Å². The molecule has 0 spiro atoms. The van der Waals surface area contributed by atoms with Crippen LogP contribution in [0.3, 0.4) is 0 Å². The molecule has 0 atom stereocenters. The summed E-state index contributed by atoms with van der Waals surface area (Å²) >= 11 is 0. The third-order valence-corrected chi connectivity index (χ3v) is 3.21. The maximum Gasteiger partial charge on any atom is 0.163 e. The number of halogens is 1. The highest BCUT2D eigenvalue weighted by molar-refractivity contribution is 5.97. The van der Waals surface area contributed by atoms with Crippen LogP contribution in [0.4, 0.5) is 4.39 Å². The topological polar surface area (TPSA) is 17.1 Å². The smallest absolute Gasteiger partial charge is 0.163 e. The van der Waals surface area contributed by atoms with Gasteiger partial charge in [-0.15, -0.1) is 0 Å². The second-order valence-corrected chi connectivity index (χ2v) is 4.87. The first-order valence-corrected chi connectivity index (χ1v) is 6.41. The third kappa shape index (κ3) is 3.50. The zero-order valence-corrected chi connectivity index (χ0v) is 11.2. The Morgan fingerprint density at radius 2 is 1.89 bits per heavy atom. The summed E-state index contributed by atoms with van der Waals surface area (Å²) in [5, 5.41) is 0. The molecular weight excluding hydrogens is 239 g/mol. The summed E-state index contributed by atoms with van der Waals surface area (Å²) in [6.45, 7) is 3.95. The van der Waals surface area contributed by atoms with Crippen LogP contribution in [0.25, 0.3) is 0 Å². The van der Waals surface area contributed by atoms with Crippen molar-refractivity contribution in [3.8, 4) is 0 Å². The number of carbonyl (C=O) groups is 1. The highest BCUT2D eigenvalue weighted by atomic mass is 19.1. The molecule has 0 N–H and O–H groups in total. The Morgan fingerprint density at radius 1 is 1.11 bits per heavy atom. The van der Waals surface area contributed by atoms with Gasteiger partial charge in [0.1, 0.15) is 5.82 Å². The molecule has 2 aromatic carbocycles. The quantitative estimate of drug-likeness (QED) is 0.747. The molecule has 0 fully saturated rings. The van der Waals surface area contributed by atoms with Gasteiger partial charge in [0.25, 0.3) is 0 Å². The number of carbonyl (C=O) groups excluding carboxylic acids is 1. The van der Waals surface area contributed by atoms with Gasteiger partial charge in [-0.3, -0.25) is 4.79 Å². The Hall–Kier alpha value is -1.96. The Balaban J connectivity index is 2.05. The molecule has 2 rings (SSSR count). The van der Waals surface area contributed by atoms with E-state index in [9.17, 15) is 9.18 Å². The number of benzene rings is 2. The minimum absolute atomic E-state index is 0.113. The summed E-state index contributed by atoms with van der Waals surface area (Å²) in [6.07, 6.45) is 0.983. The SMILES string of the molecule is Cc1ccc(C(=O)CCc2cccc(F)c2)c(C)c1. The fourth-order valence-corrected chi connectivity index (χ4v) is 2.21. The van der Waals surface area contributed by atoms with E-state index >= 15 is 0 Å². The summed E-state index contributed by atoms with van der Waals surface area (Å²) in [6, 6.07) is 12.2. The first-order chi connectivity index (χ1) is 9.06. The van der Waals surface area contributed by atoms with Crippen LogP contribution in [-0.4, -0.2) is 5.78 Å². The standard InChI is InChI=1S/C17H17FO/c1-12-6-8-16(13(2)10-12)17(19)9-7-14-4-3-5-15(18)11-14/h3-6,8,10-11H,7,9H2,1-2H3. The lowest BCUT2D eigenvalue weighted by molar-refractivity contribution is 0.0982. The van der Waals surface area contributed by atoms with Crippen LogP contribution in [0, 0.1) is 19.7 Å². The first kappa shape index (κ1) is 13.5. The van der Waals surface area contributed by atoms with E-state index in [0.717, 1.165) is 22.3 Å². The summed E-state index contributed by atoms with van der Waals surface area (Å²) in [4.78, 5) is 12.1. The van der Waals surface area contributed by atoms with Crippen LogP contribution in [0.2, 0.25) is 0 Å². The molecule has 0 radical (unpaired) electrons. The molecule has 0 saturated carbocycles. The molecule has 2 heteroatoms. The Labute approximate surface area is 113 Å². The van der Waals surface area contributed by atoms with E-state index in [1.165, 1.54) is 12.1 Å². The van der Waals surface area contributed by atoms with Gasteiger partial charge in [-0.1, -0.05) is 35.9 Å². The van der Waals surface area contributed by atoms with Gasteiger partial charge in [0.15, 0.2) is 5.78 Å². The summed E-state index contributed by atoms with van der Waals surface area (Å²) in [5.41, 5.74) is 3.78. The van der Waals surface area contributed by atoms with E-state index in [4.69, 9.17) is 0 Å². The lowest BCUT2D eigenvalue weighted by Gasteiger charge is -2.06. The zero-order chi connectivity index (χ0) is 13.8. The Bertz CT molecular complexity index is 602. The number of ketones is 1. The number of Topliss-reactive ketones (excluding diaryl/α,β-unsaturated/α-hetero) is 1. The van der Waals surface area contributed by atoms with Crippen molar-refractivity contribution in [2.24, 2.45) is 0 Å². The Kier molecular flexibility index (Phi) is 4.10. The van der Waals surface area contributed by atoms with Crippen LogP contribution in [0.15, 0.2) is 42.5 Å². The molecule has 0 heterocycles. The predicted octanol–water partition coefficient (Wildman–Crippen LogP) is 4.26. The molecule has 0 unspecified atom stereocenters. The monoisotopic (exact) mass is 256 g/mol. The van der Waals surface area contributed by atoms with Crippen molar-refractivity contribution in [1.29, 1.82) is 0 Å². The second kappa shape index (κ2) is 5.79. The van der Waals surface area contributed by atoms with E-state index < -0.39 is 0 Å². The van der Waals surface area contributed by atoms with E-state index in [-0.39, 0.29) is 11.6 Å². The summed E-state index contributed by atoms with van der Waals surface area (Å²) in [5.74, 6) is -0.141. The summed E-state index contributed by atoms with van der Waals surface area (Å²) < 4.78 is 13.0. The Morgan fingerprint density at radius 3 is 2.58 bits per heavy atom. The molecular formula is C17H17FO. The maximum absolute atomic E-state index is 13.0. The molecule has 1 nitrogen and oxygen atoms in total. The molecule has 0 aliphatic rings. The van der Waals surface area contributed by atoms with Gasteiger partial charge in [-0.2, -0.15) is 0 Å². The van der Waals surface area contributed by atoms with Crippen LogP contribution in [0.5, 0.6) is 0 Å². The number of hydrogen-bond acceptors (Lipinski definition) is 1. The highest BCUT2D eigenvalue weighted by Gasteiger charge is 2.09. The fraction of sp³-hybridized carbons (Fsp3) is 0.235. The average molecular weight is 256 g/mol. The van der Waals surface area contributed by atoms with Gasteiger partial charge >= 0.3 is 0 Å². The fourth-order valence-electron chi connectivity index (χ4n) is 2.21. The number of hydrogen-bond donors (Lipinski definition) is 0. The van der Waals surface area contributed by atoms with E-state index in [1.807, 2.05) is 38.1 Å². The van der Waals surface area contributed by atoms with Gasteiger partial charge in [0.2, 0.25) is 0 Å². The predicted molar refractivity (Wildman–Crippen MR) is 75.0 cm³/mol. The van der Waals surface area contributed by atoms with Gasteiger partial charge in [0, 0.05) is 12.0 Å². The molecule has 0 aromatic heterocycles. The lowest BCUT2D eigenvalue weighted by atomic mass is 9.98. The van der Waals surface area contributed by atoms with Crippen LogP contribution >= 0.6 is 0 Å². The third-order valence-electron chi connectivity index (χ3n) is 3.21. The van der Waals surface area contributed by atoms with Crippen molar-refractivity contribution in [3.05, 3.63) is 70.5 Å². The largest absolute Gasteiger partial charge is 0.294 e. The number of aryl methyl sites for hydroxylation is 3. The van der Waals surface area contributed by atoms with Crippen molar-refractivity contribution in [2.75, 3.05) is 0 Å². The lowest BCUT2D eigenvalue weighted by Crippen LogP contribution is -2.04. The van der Waals surface area contributed by atoms with E-state index in [1.54, 1.807) is 6.07 Å². The van der Waals surface area contributed by atoms with Gasteiger partial charge in [0.05, 0.1) is 0 Å². The van der Waals surface area contributed by atoms with Crippen LogP contribution in [0.1, 0.15) is 33.5 Å². The molecule has 98 valence electrons. The molecule has 0 saturated heterocycles. The summed E-state index contributed by atoms with van der Waals surface area (Å²) in [7, 11) is 0. The first-order valence-electron chi connectivity index (χ1n) is 6.41. The minimum atomic E-state index is -0.253. The minimum Gasteiger partial charge on any atom is -0.294 e. The highest BCUT2D eigenvalue weighted by Crippen LogP contribution is 2.15. The molecule has 2 aromatic rings. The number of rotatable bonds is 4. The van der Waals surface area contributed by atoms with Gasteiger partial charge in [-0.25, -0.2) is 4.39 Å². The van der Waals surface area contributed by atoms with Gasteiger partial charge in [-0.05, 0) is 43.5 Å². The zero-order valence-electron chi connectivity index (χ0n) is 11.2. The van der Waals surface area contributed by atoms with Crippen LogP contribution < -0.4 is 0 Å². The second-order valence-electron chi connectivity index (χ2n) is 4.87. The van der Waals surface area contributed by atoms with E-state index in [0.29, 0.717) is 12.8 Å².